The van der Waals surface area contributed by atoms with Crippen LogP contribution in [0.3, 0.4) is 0 Å². The molecule has 80 valence electrons. The molecule has 1 rings (SSSR count). The number of allylic oxidation sites excluding steroid dienone is 1. The Bertz CT molecular complexity index is 341. The van der Waals surface area contributed by atoms with E-state index in [1.165, 1.54) is 11.6 Å². The van der Waals surface area contributed by atoms with Gasteiger partial charge in [0.15, 0.2) is 0 Å². The second-order valence-corrected chi connectivity index (χ2v) is 3.90. The van der Waals surface area contributed by atoms with Gasteiger partial charge in [-0.2, -0.15) is 0 Å². The van der Waals surface area contributed by atoms with Gasteiger partial charge in [-0.05, 0) is 31.0 Å². The largest absolute Gasteiger partial charge is 0.463 e. The molecule has 0 aliphatic carbocycles. The number of carbonyl (C=O) groups is 1. The summed E-state index contributed by atoms with van der Waals surface area (Å²) in [5.74, 6) is -0.283. The van der Waals surface area contributed by atoms with Gasteiger partial charge in [0.1, 0.15) is 0 Å². The number of halogens is 1. The number of hydrogen-bond acceptors (Lipinski definition) is 2. The quantitative estimate of drug-likeness (QED) is 0.620. The van der Waals surface area contributed by atoms with Crippen LogP contribution in [0.4, 0.5) is 0 Å². The summed E-state index contributed by atoms with van der Waals surface area (Å²) in [5, 5.41) is 0. The van der Waals surface area contributed by atoms with E-state index in [1.54, 1.807) is 13.0 Å². The van der Waals surface area contributed by atoms with Crippen LogP contribution >= 0.6 is 15.9 Å². The van der Waals surface area contributed by atoms with Gasteiger partial charge in [-0.3, -0.25) is 0 Å². The fourth-order valence-electron chi connectivity index (χ4n) is 1.10. The Labute approximate surface area is 98.1 Å². The Morgan fingerprint density at radius 1 is 1.40 bits per heavy atom. The van der Waals surface area contributed by atoms with Crippen molar-refractivity contribution in [1.29, 1.82) is 0 Å². The Morgan fingerprint density at radius 3 is 2.67 bits per heavy atom. The van der Waals surface area contributed by atoms with Crippen molar-refractivity contribution in [2.24, 2.45) is 0 Å². The standard InChI is InChI=1S/C12H13BrO2/c1-2-15-12(14)5-3-4-10-6-8-11(13)9-7-10/h3,5-9H,2,4H2,1H3/b5-3+. The average molecular weight is 269 g/mol. The van der Waals surface area contributed by atoms with E-state index in [0.29, 0.717) is 6.61 Å². The minimum Gasteiger partial charge on any atom is -0.463 e. The van der Waals surface area contributed by atoms with Crippen molar-refractivity contribution in [2.75, 3.05) is 6.61 Å². The minimum absolute atomic E-state index is 0.283. The van der Waals surface area contributed by atoms with Crippen LogP contribution in [0, 0.1) is 0 Å². The summed E-state index contributed by atoms with van der Waals surface area (Å²) in [6, 6.07) is 7.99. The molecule has 0 aliphatic heterocycles. The number of rotatable bonds is 4. The van der Waals surface area contributed by atoms with Crippen molar-refractivity contribution in [3.05, 3.63) is 46.5 Å². The molecule has 0 spiro atoms. The molecule has 0 unspecified atom stereocenters. The SMILES string of the molecule is CCOC(=O)/C=C/Cc1ccc(Br)cc1. The topological polar surface area (TPSA) is 26.3 Å². The van der Waals surface area contributed by atoms with E-state index in [2.05, 4.69) is 15.9 Å². The van der Waals surface area contributed by atoms with Gasteiger partial charge >= 0.3 is 5.97 Å². The van der Waals surface area contributed by atoms with Gasteiger partial charge in [0, 0.05) is 10.5 Å². The second kappa shape index (κ2) is 6.40. The molecule has 0 saturated heterocycles. The number of benzene rings is 1. The molecule has 1 aromatic carbocycles. The van der Waals surface area contributed by atoms with Crippen LogP contribution in [0.2, 0.25) is 0 Å². The third-order valence-corrected chi connectivity index (χ3v) is 2.34. The van der Waals surface area contributed by atoms with Gasteiger partial charge in [-0.25, -0.2) is 4.79 Å². The lowest BCUT2D eigenvalue weighted by atomic mass is 10.1. The van der Waals surface area contributed by atoms with E-state index in [-0.39, 0.29) is 5.97 Å². The predicted octanol–water partition coefficient (Wildman–Crippen LogP) is 3.11. The van der Waals surface area contributed by atoms with E-state index in [4.69, 9.17) is 4.74 Å². The Morgan fingerprint density at radius 2 is 2.07 bits per heavy atom. The fourth-order valence-corrected chi connectivity index (χ4v) is 1.37. The van der Waals surface area contributed by atoms with Crippen molar-refractivity contribution in [1.82, 2.24) is 0 Å². The molecule has 3 heteroatoms. The van der Waals surface area contributed by atoms with Gasteiger partial charge in [-0.15, -0.1) is 0 Å². The Balaban J connectivity index is 2.43. The second-order valence-electron chi connectivity index (χ2n) is 2.99. The Kier molecular flexibility index (Phi) is 5.12. The average Bonchev–Trinajstić information content (AvgIpc) is 2.21. The van der Waals surface area contributed by atoms with Gasteiger partial charge in [0.2, 0.25) is 0 Å². The summed E-state index contributed by atoms with van der Waals surface area (Å²) in [6.07, 6.45) is 4.01. The maximum absolute atomic E-state index is 11.0. The molecular formula is C12H13BrO2. The molecule has 0 bridgehead atoms. The number of hydrogen-bond donors (Lipinski definition) is 0. The summed E-state index contributed by atoms with van der Waals surface area (Å²) in [6.45, 7) is 2.21. The molecule has 15 heavy (non-hydrogen) atoms. The first-order valence-electron chi connectivity index (χ1n) is 4.80. The normalized spacial score (nSPS) is 10.5. The van der Waals surface area contributed by atoms with Crippen molar-refractivity contribution in [2.45, 2.75) is 13.3 Å². The van der Waals surface area contributed by atoms with Crippen LogP contribution in [-0.2, 0) is 16.0 Å². The lowest BCUT2D eigenvalue weighted by molar-refractivity contribution is -0.137. The van der Waals surface area contributed by atoms with Gasteiger partial charge in [0.05, 0.1) is 6.61 Å². The summed E-state index contributed by atoms with van der Waals surface area (Å²) < 4.78 is 5.82. The molecular weight excluding hydrogens is 256 g/mol. The zero-order valence-electron chi connectivity index (χ0n) is 8.57. The van der Waals surface area contributed by atoms with Crippen molar-refractivity contribution in [3.63, 3.8) is 0 Å². The minimum atomic E-state index is -0.283. The first-order valence-corrected chi connectivity index (χ1v) is 5.59. The Hall–Kier alpha value is -1.09. The van der Waals surface area contributed by atoms with E-state index < -0.39 is 0 Å². The first-order chi connectivity index (χ1) is 7.22. The van der Waals surface area contributed by atoms with Gasteiger partial charge < -0.3 is 4.74 Å². The monoisotopic (exact) mass is 268 g/mol. The molecule has 0 amide bonds. The molecule has 0 aliphatic rings. The lowest BCUT2D eigenvalue weighted by Crippen LogP contribution is -1.98. The third kappa shape index (κ3) is 4.79. The smallest absolute Gasteiger partial charge is 0.330 e. The predicted molar refractivity (Wildman–Crippen MR) is 63.6 cm³/mol. The molecule has 0 atom stereocenters. The van der Waals surface area contributed by atoms with Crippen LogP contribution in [0.5, 0.6) is 0 Å². The highest BCUT2D eigenvalue weighted by molar-refractivity contribution is 9.10. The van der Waals surface area contributed by atoms with E-state index in [1.807, 2.05) is 24.3 Å². The van der Waals surface area contributed by atoms with E-state index >= 15 is 0 Å². The fraction of sp³-hybridized carbons (Fsp3) is 0.250. The number of ether oxygens (including phenoxy) is 1. The van der Waals surface area contributed by atoms with Crippen molar-refractivity contribution < 1.29 is 9.53 Å². The molecule has 1 aromatic rings. The summed E-state index contributed by atoms with van der Waals surface area (Å²) in [5.41, 5.74) is 1.17. The lowest BCUT2D eigenvalue weighted by Gasteiger charge is -1.97. The highest BCUT2D eigenvalue weighted by atomic mass is 79.9. The van der Waals surface area contributed by atoms with Crippen LogP contribution in [0.1, 0.15) is 12.5 Å². The molecule has 0 radical (unpaired) electrons. The van der Waals surface area contributed by atoms with Crippen LogP contribution in [0.25, 0.3) is 0 Å². The zero-order valence-corrected chi connectivity index (χ0v) is 10.2. The number of esters is 1. The highest BCUT2D eigenvalue weighted by Crippen LogP contribution is 2.10. The van der Waals surface area contributed by atoms with Crippen LogP contribution < -0.4 is 0 Å². The third-order valence-electron chi connectivity index (χ3n) is 1.81. The first kappa shape index (κ1) is 12.0. The molecule has 0 aromatic heterocycles. The maximum Gasteiger partial charge on any atom is 0.330 e. The zero-order chi connectivity index (χ0) is 11.1. The summed E-state index contributed by atoms with van der Waals surface area (Å²) in [7, 11) is 0. The van der Waals surface area contributed by atoms with Crippen molar-refractivity contribution >= 4 is 21.9 Å². The summed E-state index contributed by atoms with van der Waals surface area (Å²) >= 11 is 3.37. The van der Waals surface area contributed by atoms with Gasteiger partial charge in [-0.1, -0.05) is 34.1 Å². The highest BCUT2D eigenvalue weighted by Gasteiger charge is 1.93. The van der Waals surface area contributed by atoms with Crippen LogP contribution in [-0.4, -0.2) is 12.6 Å². The molecule has 0 saturated carbocycles. The summed E-state index contributed by atoms with van der Waals surface area (Å²) in [4.78, 5) is 11.0. The molecule has 0 fully saturated rings. The van der Waals surface area contributed by atoms with E-state index in [0.717, 1.165) is 10.9 Å². The van der Waals surface area contributed by atoms with Crippen LogP contribution in [0.15, 0.2) is 40.9 Å². The molecule has 0 N–H and O–H groups in total. The molecule has 2 nitrogen and oxygen atoms in total. The molecule has 0 heterocycles. The maximum atomic E-state index is 11.0. The van der Waals surface area contributed by atoms with Crippen molar-refractivity contribution in [3.8, 4) is 0 Å². The number of carbonyl (C=O) groups excluding carboxylic acids is 1. The van der Waals surface area contributed by atoms with Gasteiger partial charge in [0.25, 0.3) is 0 Å². The van der Waals surface area contributed by atoms with E-state index in [9.17, 15) is 4.79 Å².